The summed E-state index contributed by atoms with van der Waals surface area (Å²) in [6, 6.07) is 0. The van der Waals surface area contributed by atoms with E-state index >= 15 is 0 Å². The molecule has 0 bridgehead atoms. The minimum absolute atomic E-state index is 0.360. The Labute approximate surface area is 79.9 Å². The van der Waals surface area contributed by atoms with Gasteiger partial charge in [0.1, 0.15) is 0 Å². The quantitative estimate of drug-likeness (QED) is 0.561. The Balaban J connectivity index is 2.39. The molecule has 1 fully saturated rings. The fourth-order valence-electron chi connectivity index (χ4n) is 0.800. The second-order valence-corrected chi connectivity index (χ2v) is 8.30. The summed E-state index contributed by atoms with van der Waals surface area (Å²) in [5.41, 5.74) is 0.720. The van der Waals surface area contributed by atoms with Gasteiger partial charge in [-0.2, -0.15) is 0 Å². The molecule has 0 aromatic rings. The van der Waals surface area contributed by atoms with Crippen molar-refractivity contribution >= 4 is 17.8 Å². The van der Waals surface area contributed by atoms with Crippen LogP contribution >= 0.6 is 17.8 Å². The highest BCUT2D eigenvalue weighted by Gasteiger charge is 2.38. The molecule has 0 aromatic heterocycles. The van der Waals surface area contributed by atoms with Gasteiger partial charge in [0.2, 0.25) is 0 Å². The molecule has 1 saturated heterocycles. The molecule has 0 aromatic carbocycles. The summed E-state index contributed by atoms with van der Waals surface area (Å²) >= 11 is 0. The molecule has 1 aliphatic heterocycles. The van der Waals surface area contributed by atoms with Crippen LogP contribution in [0.25, 0.3) is 0 Å². The van der Waals surface area contributed by atoms with Gasteiger partial charge in [-0.25, -0.2) is 8.88 Å². The van der Waals surface area contributed by atoms with Gasteiger partial charge in [-0.3, -0.25) is 0 Å². The molecule has 0 saturated carbocycles. The lowest BCUT2D eigenvalue weighted by Gasteiger charge is -2.53. The molecule has 2 nitrogen and oxygen atoms in total. The molecular weight excluding hydrogens is 186 g/mol. The summed E-state index contributed by atoms with van der Waals surface area (Å²) in [6.45, 7) is 13.7. The summed E-state index contributed by atoms with van der Waals surface area (Å²) in [6.07, 6.45) is 0. The van der Waals surface area contributed by atoms with Gasteiger partial charge in [0.15, 0.2) is 0 Å². The van der Waals surface area contributed by atoms with Crippen molar-refractivity contribution in [3.63, 3.8) is 0 Å². The van der Waals surface area contributed by atoms with E-state index in [0.717, 1.165) is 17.8 Å². The van der Waals surface area contributed by atoms with Crippen LogP contribution in [0.4, 0.5) is 0 Å². The largest absolute Gasteiger partial charge is 0.234 e. The lowest BCUT2D eigenvalue weighted by atomic mass is 10.1. The average molecular weight is 206 g/mol. The van der Waals surface area contributed by atoms with E-state index in [9.17, 15) is 0 Å². The first-order chi connectivity index (χ1) is 5.21. The zero-order valence-electron chi connectivity index (χ0n) is 8.89. The highest BCUT2D eigenvalue weighted by Crippen LogP contribution is 2.61. The summed E-state index contributed by atoms with van der Waals surface area (Å²) in [4.78, 5) is 0. The van der Waals surface area contributed by atoms with Crippen LogP contribution in [0, 0.1) is 0 Å². The zero-order valence-corrected chi connectivity index (χ0v) is 10.9. The van der Waals surface area contributed by atoms with Crippen LogP contribution in [-0.2, 0) is 0 Å². The van der Waals surface area contributed by atoms with Gasteiger partial charge in [-0.1, -0.05) is 0 Å². The normalized spacial score (nSPS) is 26.5. The first kappa shape index (κ1) is 10.9. The molecule has 0 radical (unpaired) electrons. The van der Waals surface area contributed by atoms with Gasteiger partial charge < -0.3 is 0 Å². The van der Waals surface area contributed by atoms with Gasteiger partial charge in [0, 0.05) is 28.8 Å². The Morgan fingerprint density at radius 3 is 1.08 bits per heavy atom. The van der Waals surface area contributed by atoms with Crippen LogP contribution in [0.2, 0.25) is 0 Å². The summed E-state index contributed by atoms with van der Waals surface area (Å²) in [5, 5.41) is 0. The molecule has 72 valence electrons. The van der Waals surface area contributed by atoms with Crippen LogP contribution < -0.4 is 0 Å². The first-order valence-corrected chi connectivity index (χ1v) is 6.13. The third-order valence-corrected chi connectivity index (χ3v) is 6.42. The standard InChI is InChI=1S/C8H20N2P2/c1-7(2,3)9-11-10(12-9)8(4,5)6/h11-12H,1-6H3. The molecule has 0 atom stereocenters. The molecule has 0 unspecified atom stereocenters. The minimum atomic E-state index is 0.360. The van der Waals surface area contributed by atoms with Crippen molar-refractivity contribution < 1.29 is 0 Å². The fraction of sp³-hybridized carbons (Fsp3) is 1.00. The Hall–Kier alpha value is 0.780. The fourth-order valence-corrected chi connectivity index (χ4v) is 3.30. The van der Waals surface area contributed by atoms with E-state index in [4.69, 9.17) is 0 Å². The van der Waals surface area contributed by atoms with Gasteiger partial charge >= 0.3 is 0 Å². The lowest BCUT2D eigenvalue weighted by Crippen LogP contribution is -2.45. The van der Waals surface area contributed by atoms with E-state index < -0.39 is 0 Å². The molecular formula is C8H20N2P2. The molecule has 1 heterocycles. The van der Waals surface area contributed by atoms with E-state index in [1.165, 1.54) is 0 Å². The summed E-state index contributed by atoms with van der Waals surface area (Å²) in [7, 11) is 1.77. The Bertz CT molecular complexity index is 145. The predicted octanol–water partition coefficient (Wildman–Crippen LogP) is 3.22. The van der Waals surface area contributed by atoms with Crippen molar-refractivity contribution in [2.45, 2.75) is 52.6 Å². The van der Waals surface area contributed by atoms with Crippen molar-refractivity contribution in [3.8, 4) is 0 Å². The predicted molar refractivity (Wildman–Crippen MR) is 59.8 cm³/mol. The SMILES string of the molecule is CC(C)(C)N1PN(C(C)(C)C)P1. The Kier molecular flexibility index (Phi) is 2.87. The third-order valence-electron chi connectivity index (χ3n) is 1.74. The number of rotatable bonds is 0. The molecule has 4 heteroatoms. The number of nitrogens with zero attached hydrogens (tertiary/aromatic N) is 2. The molecule has 0 N–H and O–H groups in total. The maximum absolute atomic E-state index is 2.54. The minimum Gasteiger partial charge on any atom is -0.234 e. The van der Waals surface area contributed by atoms with E-state index in [2.05, 4.69) is 50.4 Å². The molecule has 12 heavy (non-hydrogen) atoms. The van der Waals surface area contributed by atoms with Crippen LogP contribution in [0.3, 0.4) is 0 Å². The smallest absolute Gasteiger partial charge is 0.0341 e. The lowest BCUT2D eigenvalue weighted by molar-refractivity contribution is 0.302. The molecule has 1 aliphatic rings. The summed E-state index contributed by atoms with van der Waals surface area (Å²) in [5.74, 6) is 0. The van der Waals surface area contributed by atoms with Crippen molar-refractivity contribution in [1.82, 2.24) is 8.88 Å². The Morgan fingerprint density at radius 2 is 0.917 bits per heavy atom. The van der Waals surface area contributed by atoms with Gasteiger partial charge in [-0.05, 0) is 41.5 Å². The van der Waals surface area contributed by atoms with E-state index in [1.54, 1.807) is 0 Å². The summed E-state index contributed by atoms with van der Waals surface area (Å²) < 4.78 is 5.08. The number of hydrogen-bond donors (Lipinski definition) is 0. The van der Waals surface area contributed by atoms with Crippen molar-refractivity contribution in [2.75, 3.05) is 0 Å². The molecule has 0 amide bonds. The van der Waals surface area contributed by atoms with E-state index in [1.807, 2.05) is 0 Å². The zero-order chi connectivity index (χ0) is 9.57. The van der Waals surface area contributed by atoms with Crippen molar-refractivity contribution in [1.29, 1.82) is 0 Å². The first-order valence-electron chi connectivity index (χ1n) is 4.34. The van der Waals surface area contributed by atoms with Crippen LogP contribution in [0.5, 0.6) is 0 Å². The second-order valence-electron chi connectivity index (χ2n) is 5.21. The number of hydrogen-bond acceptors (Lipinski definition) is 2. The van der Waals surface area contributed by atoms with Crippen LogP contribution in [0.15, 0.2) is 0 Å². The monoisotopic (exact) mass is 206 g/mol. The van der Waals surface area contributed by atoms with Crippen molar-refractivity contribution in [3.05, 3.63) is 0 Å². The van der Waals surface area contributed by atoms with Gasteiger partial charge in [0.25, 0.3) is 0 Å². The molecule has 0 spiro atoms. The maximum atomic E-state index is 2.54. The maximum Gasteiger partial charge on any atom is 0.0341 e. The van der Waals surface area contributed by atoms with Gasteiger partial charge in [-0.15, -0.1) is 0 Å². The van der Waals surface area contributed by atoms with Crippen LogP contribution in [0.1, 0.15) is 41.5 Å². The topological polar surface area (TPSA) is 6.48 Å². The van der Waals surface area contributed by atoms with E-state index in [-0.39, 0.29) is 0 Å². The highest BCUT2D eigenvalue weighted by molar-refractivity contribution is 7.64. The third kappa shape index (κ3) is 2.39. The van der Waals surface area contributed by atoms with Gasteiger partial charge in [0.05, 0.1) is 0 Å². The second kappa shape index (κ2) is 3.17. The Morgan fingerprint density at radius 1 is 0.667 bits per heavy atom. The molecule has 1 rings (SSSR count). The average Bonchev–Trinajstić information content (AvgIpc) is 1.46. The molecule has 0 aliphatic carbocycles. The van der Waals surface area contributed by atoms with Crippen molar-refractivity contribution in [2.24, 2.45) is 0 Å². The highest BCUT2D eigenvalue weighted by atomic mass is 31.2. The van der Waals surface area contributed by atoms with Crippen LogP contribution in [-0.4, -0.2) is 20.0 Å². The van der Waals surface area contributed by atoms with E-state index in [0.29, 0.717) is 11.1 Å².